The van der Waals surface area contributed by atoms with Crippen molar-refractivity contribution >= 4 is 37.8 Å². The van der Waals surface area contributed by atoms with Crippen LogP contribution >= 0.6 is 27.7 Å². The molecule has 7 heteroatoms. The van der Waals surface area contributed by atoms with E-state index >= 15 is 0 Å². The summed E-state index contributed by atoms with van der Waals surface area (Å²) in [5.41, 5.74) is 0. The zero-order valence-corrected chi connectivity index (χ0v) is 19.5. The summed E-state index contributed by atoms with van der Waals surface area (Å²) in [4.78, 5) is 1.58. The van der Waals surface area contributed by atoms with Crippen molar-refractivity contribution in [2.75, 3.05) is 6.61 Å². The predicted molar refractivity (Wildman–Crippen MR) is 124 cm³/mol. The zero-order valence-electron chi connectivity index (χ0n) is 16.3. The summed E-state index contributed by atoms with van der Waals surface area (Å²) in [5, 5.41) is 0. The Hall–Kier alpha value is -2.22. The third-order valence-corrected chi connectivity index (χ3v) is 6.92. The first-order chi connectivity index (χ1) is 14.5. The number of hydrogen-bond donors (Lipinski definition) is 0. The van der Waals surface area contributed by atoms with Crippen LogP contribution in [0.3, 0.4) is 0 Å². The van der Waals surface area contributed by atoms with Crippen LogP contribution < -0.4 is 8.92 Å². The van der Waals surface area contributed by atoms with E-state index < -0.39 is 10.1 Å². The Morgan fingerprint density at radius 1 is 0.933 bits per heavy atom. The summed E-state index contributed by atoms with van der Waals surface area (Å²) < 4.78 is 37.4. The van der Waals surface area contributed by atoms with Gasteiger partial charge >= 0.3 is 10.1 Å². The van der Waals surface area contributed by atoms with Crippen molar-refractivity contribution in [3.05, 3.63) is 89.4 Å². The molecule has 0 radical (unpaired) electrons. The molecule has 0 bridgehead atoms. The Morgan fingerprint density at radius 3 is 2.37 bits per heavy atom. The van der Waals surface area contributed by atoms with Crippen LogP contribution in [-0.2, 0) is 10.1 Å². The second kappa shape index (κ2) is 10.7. The highest BCUT2D eigenvalue weighted by atomic mass is 79.9. The lowest BCUT2D eigenvalue weighted by molar-refractivity contribution is 0.362. The summed E-state index contributed by atoms with van der Waals surface area (Å²) in [5.74, 6) is 1.03. The average molecular weight is 505 g/mol. The van der Waals surface area contributed by atoms with Gasteiger partial charge in [0.1, 0.15) is 23.0 Å². The van der Waals surface area contributed by atoms with Crippen LogP contribution in [0.15, 0.2) is 104 Å². The van der Waals surface area contributed by atoms with Crippen LogP contribution in [0.25, 0.3) is 0 Å². The molecular formula is C23H21BrO4S2. The van der Waals surface area contributed by atoms with Crippen molar-refractivity contribution in [1.29, 1.82) is 0 Å². The monoisotopic (exact) mass is 504 g/mol. The molecule has 4 nitrogen and oxygen atoms in total. The molecule has 156 valence electrons. The molecule has 30 heavy (non-hydrogen) atoms. The number of hydrogen-bond acceptors (Lipinski definition) is 5. The molecule has 0 atom stereocenters. The summed E-state index contributed by atoms with van der Waals surface area (Å²) in [7, 11) is -4.00. The molecule has 0 spiro atoms. The number of ether oxygens (including phenoxy) is 1. The first-order valence-corrected chi connectivity index (χ1v) is 12.3. The maximum atomic E-state index is 12.9. The molecule has 0 heterocycles. The van der Waals surface area contributed by atoms with Gasteiger partial charge in [0.15, 0.2) is 0 Å². The van der Waals surface area contributed by atoms with Crippen LogP contribution in [0.1, 0.15) is 13.3 Å². The molecule has 0 saturated carbocycles. The van der Waals surface area contributed by atoms with Gasteiger partial charge in [0.25, 0.3) is 0 Å². The van der Waals surface area contributed by atoms with E-state index in [0.717, 1.165) is 17.1 Å². The standard InChI is InChI=1S/C23H21BrO4S2/c1-2-3-7-16-27-19-11-13-21(14-12-19)29-22-15-10-18(24)17-23(22)30(25,26)28-20-8-5-4-6-9-20/h3-15,17H,2,16H2,1H3/b7-3+. The van der Waals surface area contributed by atoms with Gasteiger partial charge in [0, 0.05) is 14.3 Å². The number of rotatable bonds is 9. The van der Waals surface area contributed by atoms with Crippen LogP contribution in [0.4, 0.5) is 0 Å². The molecule has 0 aliphatic heterocycles. The number of para-hydroxylation sites is 1. The number of allylic oxidation sites excluding steroid dienone is 1. The normalized spacial score (nSPS) is 11.5. The highest BCUT2D eigenvalue weighted by molar-refractivity contribution is 9.10. The van der Waals surface area contributed by atoms with Crippen LogP contribution in [-0.4, -0.2) is 15.0 Å². The minimum Gasteiger partial charge on any atom is -0.490 e. The smallest absolute Gasteiger partial charge is 0.340 e. The fraction of sp³-hybridized carbons (Fsp3) is 0.130. The summed E-state index contributed by atoms with van der Waals surface area (Å²) in [6, 6.07) is 21.1. The lowest BCUT2D eigenvalue weighted by atomic mass is 10.3. The summed E-state index contributed by atoms with van der Waals surface area (Å²) in [6.45, 7) is 2.59. The van der Waals surface area contributed by atoms with Gasteiger partial charge in [0.05, 0.1) is 0 Å². The van der Waals surface area contributed by atoms with Crippen LogP contribution in [0.5, 0.6) is 11.5 Å². The highest BCUT2D eigenvalue weighted by Gasteiger charge is 2.22. The quantitative estimate of drug-likeness (QED) is 0.239. The van der Waals surface area contributed by atoms with Crippen molar-refractivity contribution in [3.63, 3.8) is 0 Å². The first kappa shape index (κ1) is 22.5. The molecule has 0 aromatic heterocycles. The van der Waals surface area contributed by atoms with Gasteiger partial charge in [-0.1, -0.05) is 65.0 Å². The van der Waals surface area contributed by atoms with E-state index in [-0.39, 0.29) is 10.6 Å². The topological polar surface area (TPSA) is 52.6 Å². The van der Waals surface area contributed by atoms with E-state index in [1.807, 2.05) is 30.3 Å². The molecule has 3 aromatic carbocycles. The van der Waals surface area contributed by atoms with Gasteiger partial charge in [-0.15, -0.1) is 0 Å². The minimum absolute atomic E-state index is 0.107. The lowest BCUT2D eigenvalue weighted by Crippen LogP contribution is -2.11. The third kappa shape index (κ3) is 6.39. The maximum absolute atomic E-state index is 12.9. The number of benzene rings is 3. The molecular weight excluding hydrogens is 484 g/mol. The maximum Gasteiger partial charge on any atom is 0.340 e. The van der Waals surface area contributed by atoms with Crippen molar-refractivity contribution in [1.82, 2.24) is 0 Å². The van der Waals surface area contributed by atoms with Crippen molar-refractivity contribution < 1.29 is 17.3 Å². The zero-order chi connectivity index (χ0) is 21.4. The van der Waals surface area contributed by atoms with E-state index in [9.17, 15) is 8.42 Å². The van der Waals surface area contributed by atoms with Gasteiger partial charge in [-0.2, -0.15) is 8.42 Å². The highest BCUT2D eigenvalue weighted by Crippen LogP contribution is 2.36. The molecule has 0 saturated heterocycles. The molecule has 0 unspecified atom stereocenters. The van der Waals surface area contributed by atoms with Gasteiger partial charge in [-0.3, -0.25) is 0 Å². The molecule has 0 aliphatic carbocycles. The van der Waals surface area contributed by atoms with Gasteiger partial charge in [-0.25, -0.2) is 0 Å². The Bertz CT molecular complexity index is 1100. The predicted octanol–water partition coefficient (Wildman–Crippen LogP) is 6.71. The molecule has 0 fully saturated rings. The fourth-order valence-electron chi connectivity index (χ4n) is 2.52. The van der Waals surface area contributed by atoms with Gasteiger partial charge < -0.3 is 8.92 Å². The summed E-state index contributed by atoms with van der Waals surface area (Å²) >= 11 is 4.70. The molecule has 0 amide bonds. The van der Waals surface area contributed by atoms with E-state index in [4.69, 9.17) is 8.92 Å². The first-order valence-electron chi connectivity index (χ1n) is 9.33. The molecule has 0 N–H and O–H groups in total. The third-order valence-electron chi connectivity index (χ3n) is 3.92. The molecule has 3 rings (SSSR count). The second-order valence-corrected chi connectivity index (χ2v) is 9.75. The van der Waals surface area contributed by atoms with E-state index in [0.29, 0.717) is 16.0 Å². The lowest BCUT2D eigenvalue weighted by Gasteiger charge is -2.12. The molecule has 3 aromatic rings. The Labute approximate surface area is 190 Å². The van der Waals surface area contributed by atoms with E-state index in [1.165, 1.54) is 11.8 Å². The van der Waals surface area contributed by atoms with Crippen LogP contribution in [0, 0.1) is 0 Å². The number of halogens is 1. The van der Waals surface area contributed by atoms with Crippen molar-refractivity contribution in [3.8, 4) is 11.5 Å². The minimum atomic E-state index is -4.00. The largest absolute Gasteiger partial charge is 0.490 e. The second-order valence-electron chi connectivity index (χ2n) is 6.21. The molecule has 0 aliphatic rings. The van der Waals surface area contributed by atoms with Gasteiger partial charge in [0.2, 0.25) is 0 Å². The van der Waals surface area contributed by atoms with Crippen molar-refractivity contribution in [2.45, 2.75) is 28.0 Å². The fourth-order valence-corrected chi connectivity index (χ4v) is 5.32. The van der Waals surface area contributed by atoms with Crippen molar-refractivity contribution in [2.24, 2.45) is 0 Å². The van der Waals surface area contributed by atoms with Gasteiger partial charge in [-0.05, 0) is 61.0 Å². The SMILES string of the molecule is CC/C=C/COc1ccc(Sc2ccc(Br)cc2S(=O)(=O)Oc2ccccc2)cc1. The summed E-state index contributed by atoms with van der Waals surface area (Å²) in [6.07, 6.45) is 5.01. The Kier molecular flexibility index (Phi) is 8.01. The Morgan fingerprint density at radius 2 is 1.67 bits per heavy atom. The van der Waals surface area contributed by atoms with E-state index in [1.54, 1.807) is 48.5 Å². The van der Waals surface area contributed by atoms with Crippen LogP contribution in [0.2, 0.25) is 0 Å². The Balaban J connectivity index is 1.79. The average Bonchev–Trinajstić information content (AvgIpc) is 2.74. The van der Waals surface area contributed by atoms with E-state index in [2.05, 4.69) is 28.9 Å².